The molecular weight excluding hydrogens is 623 g/mol. The highest BCUT2D eigenvalue weighted by atomic mass is 127. The molecule has 0 fully saturated rings. The molecule has 1 atom stereocenters. The number of amides is 1. The Kier molecular flexibility index (Phi) is 21.5. The van der Waals surface area contributed by atoms with Crippen molar-refractivity contribution in [2.75, 3.05) is 13.7 Å². The van der Waals surface area contributed by atoms with Crippen LogP contribution < -0.4 is 43.3 Å². The van der Waals surface area contributed by atoms with Crippen LogP contribution in [0.15, 0.2) is 42.7 Å². The zero-order chi connectivity index (χ0) is 28.8. The number of ether oxygens (including phenoxy) is 2. The summed E-state index contributed by atoms with van der Waals surface area (Å²) in [6, 6.07) is 9.68. The number of benzene rings is 1. The number of aromatic nitrogens is 1. The van der Waals surface area contributed by atoms with E-state index in [4.69, 9.17) is 9.47 Å². The first-order valence-electron chi connectivity index (χ1n) is 16.2. The van der Waals surface area contributed by atoms with Crippen LogP contribution in [0.3, 0.4) is 0 Å². The van der Waals surface area contributed by atoms with Gasteiger partial charge in [-0.25, -0.2) is 4.57 Å². The largest absolute Gasteiger partial charge is 1.00 e. The molecule has 2 aromatic rings. The summed E-state index contributed by atoms with van der Waals surface area (Å²) >= 11 is 0. The molecule has 0 spiro atoms. The summed E-state index contributed by atoms with van der Waals surface area (Å²) in [7, 11) is 1.67. The molecular formula is C35H57IN2O3. The van der Waals surface area contributed by atoms with Gasteiger partial charge in [-0.3, -0.25) is 4.79 Å². The number of hydrogen-bond acceptors (Lipinski definition) is 3. The number of carbonyl (C=O) groups excluding carboxylic acids is 1. The highest BCUT2D eigenvalue weighted by Gasteiger charge is 2.17. The van der Waals surface area contributed by atoms with Crippen molar-refractivity contribution in [1.82, 2.24) is 5.32 Å². The number of pyridine rings is 1. The maximum absolute atomic E-state index is 12.9. The standard InChI is InChI=1S/C35H56N2O3.HI/c1-5-8-9-10-11-12-13-14-15-16-17-18-19-20-28-40-33-22-21-31(29-34(33)39-4)32(7-3)36-35(38)30-23-26-37(25-6-2)27-24-30;/h21-24,26-27,29,32H,5-20,25,28H2,1-4H3;1H. The molecule has 0 saturated carbocycles. The zero-order valence-corrected chi connectivity index (χ0v) is 28.6. The summed E-state index contributed by atoms with van der Waals surface area (Å²) in [5.41, 5.74) is 1.69. The number of hydrogen-bond donors (Lipinski definition) is 1. The normalized spacial score (nSPS) is 11.5. The highest BCUT2D eigenvalue weighted by molar-refractivity contribution is 5.94. The van der Waals surface area contributed by atoms with Gasteiger partial charge in [0.1, 0.15) is 6.54 Å². The number of halogens is 1. The topological polar surface area (TPSA) is 51.4 Å². The van der Waals surface area contributed by atoms with Crippen LogP contribution in [-0.4, -0.2) is 19.6 Å². The minimum Gasteiger partial charge on any atom is -1.00 e. The average Bonchev–Trinajstić information content (AvgIpc) is 2.98. The van der Waals surface area contributed by atoms with Crippen LogP contribution in [0.25, 0.3) is 0 Å². The second-order valence-electron chi connectivity index (χ2n) is 11.1. The Labute approximate surface area is 268 Å². The number of methoxy groups -OCH3 is 1. The predicted octanol–water partition coefficient (Wildman–Crippen LogP) is 6.14. The van der Waals surface area contributed by atoms with Crippen LogP contribution in [0.1, 0.15) is 145 Å². The van der Waals surface area contributed by atoms with Crippen LogP contribution in [0, 0.1) is 0 Å². The van der Waals surface area contributed by atoms with Crippen molar-refractivity contribution < 1.29 is 42.8 Å². The maximum atomic E-state index is 12.9. The first-order valence-corrected chi connectivity index (χ1v) is 16.2. The SMILES string of the molecule is CCCCCCCCCCCCCCCCOc1ccc(C(CC)NC(=O)c2cc[n+](CCC)cc2)cc1OC.[I-]. The summed E-state index contributed by atoms with van der Waals surface area (Å²) < 4.78 is 13.8. The van der Waals surface area contributed by atoms with E-state index in [1.165, 1.54) is 83.5 Å². The van der Waals surface area contributed by atoms with Gasteiger partial charge in [0.2, 0.25) is 0 Å². The Bertz CT molecular complexity index is 936. The fourth-order valence-electron chi connectivity index (χ4n) is 5.18. The molecule has 41 heavy (non-hydrogen) atoms. The molecule has 1 amide bonds. The zero-order valence-electron chi connectivity index (χ0n) is 26.4. The minimum absolute atomic E-state index is 0. The van der Waals surface area contributed by atoms with Gasteiger partial charge in [-0.2, -0.15) is 0 Å². The predicted molar refractivity (Wildman–Crippen MR) is 166 cm³/mol. The minimum atomic E-state index is -0.0933. The first kappa shape index (κ1) is 37.2. The number of rotatable bonds is 23. The molecule has 232 valence electrons. The van der Waals surface area contributed by atoms with Gasteiger partial charge in [-0.05, 0) is 30.5 Å². The average molecular weight is 681 g/mol. The van der Waals surface area contributed by atoms with Gasteiger partial charge < -0.3 is 38.8 Å². The molecule has 6 heteroatoms. The fraction of sp³-hybridized carbons (Fsp3) is 0.657. The number of aryl methyl sites for hydroxylation is 1. The van der Waals surface area contributed by atoms with E-state index in [0.29, 0.717) is 12.2 Å². The Morgan fingerprint density at radius 3 is 1.83 bits per heavy atom. The molecule has 1 aromatic heterocycles. The second kappa shape index (κ2) is 23.7. The lowest BCUT2D eigenvalue weighted by atomic mass is 10.0. The highest BCUT2D eigenvalue weighted by Crippen LogP contribution is 2.31. The van der Waals surface area contributed by atoms with Gasteiger partial charge in [0.15, 0.2) is 23.9 Å². The van der Waals surface area contributed by atoms with Crippen molar-refractivity contribution in [3.8, 4) is 11.5 Å². The van der Waals surface area contributed by atoms with Crippen molar-refractivity contribution in [2.45, 2.75) is 136 Å². The molecule has 1 heterocycles. The number of carbonyl (C=O) groups is 1. The summed E-state index contributed by atoms with van der Waals surface area (Å²) in [6.45, 7) is 8.16. The third-order valence-corrected chi connectivity index (χ3v) is 7.69. The van der Waals surface area contributed by atoms with Crippen molar-refractivity contribution in [1.29, 1.82) is 0 Å². The summed E-state index contributed by atoms with van der Waals surface area (Å²) in [5, 5.41) is 3.18. The Hall–Kier alpha value is -1.83. The van der Waals surface area contributed by atoms with Crippen molar-refractivity contribution in [2.24, 2.45) is 0 Å². The molecule has 2 rings (SSSR count). The second-order valence-corrected chi connectivity index (χ2v) is 11.1. The van der Waals surface area contributed by atoms with Crippen LogP contribution in [0.4, 0.5) is 0 Å². The van der Waals surface area contributed by atoms with Gasteiger partial charge in [-0.1, -0.05) is 110 Å². The van der Waals surface area contributed by atoms with Gasteiger partial charge in [0.25, 0.3) is 5.91 Å². The molecule has 5 nitrogen and oxygen atoms in total. The first-order chi connectivity index (χ1) is 19.6. The Balaban J connectivity index is 0.00000840. The number of nitrogens with one attached hydrogen (secondary N) is 1. The molecule has 0 saturated heterocycles. The Morgan fingerprint density at radius 2 is 1.32 bits per heavy atom. The van der Waals surface area contributed by atoms with Crippen LogP contribution in [0.5, 0.6) is 11.5 Å². The third kappa shape index (κ3) is 15.3. The lowest BCUT2D eigenvalue weighted by molar-refractivity contribution is -0.697. The maximum Gasteiger partial charge on any atom is 0.252 e. The van der Waals surface area contributed by atoms with E-state index in [9.17, 15) is 4.79 Å². The number of nitrogens with zero attached hydrogens (tertiary/aromatic N) is 1. The number of unbranched alkanes of at least 4 members (excludes halogenated alkanes) is 13. The molecule has 1 aromatic carbocycles. The van der Waals surface area contributed by atoms with E-state index in [2.05, 4.69) is 30.7 Å². The smallest absolute Gasteiger partial charge is 0.252 e. The molecule has 0 aliphatic rings. The van der Waals surface area contributed by atoms with E-state index in [1.54, 1.807) is 7.11 Å². The molecule has 0 radical (unpaired) electrons. The quantitative estimate of drug-likeness (QED) is 0.0873. The lowest BCUT2D eigenvalue weighted by Gasteiger charge is -2.19. The van der Waals surface area contributed by atoms with E-state index < -0.39 is 0 Å². The van der Waals surface area contributed by atoms with E-state index in [0.717, 1.165) is 42.9 Å². The summed E-state index contributed by atoms with van der Waals surface area (Å²) in [5.74, 6) is 1.43. The van der Waals surface area contributed by atoms with Crippen molar-refractivity contribution in [3.05, 3.63) is 53.9 Å². The third-order valence-electron chi connectivity index (χ3n) is 7.69. The van der Waals surface area contributed by atoms with Gasteiger partial charge in [-0.15, -0.1) is 0 Å². The summed E-state index contributed by atoms with van der Waals surface area (Å²) in [6.07, 6.45) is 24.7. The molecule has 1 N–H and O–H groups in total. The van der Waals surface area contributed by atoms with E-state index in [1.807, 2.05) is 42.7 Å². The van der Waals surface area contributed by atoms with Crippen molar-refractivity contribution in [3.63, 3.8) is 0 Å². The molecule has 0 bridgehead atoms. The van der Waals surface area contributed by atoms with Crippen LogP contribution in [-0.2, 0) is 6.54 Å². The molecule has 0 aliphatic heterocycles. The van der Waals surface area contributed by atoms with Gasteiger partial charge in [0.05, 0.1) is 25.3 Å². The van der Waals surface area contributed by atoms with Gasteiger partial charge in [0, 0.05) is 18.6 Å². The van der Waals surface area contributed by atoms with E-state index in [-0.39, 0.29) is 35.9 Å². The van der Waals surface area contributed by atoms with Gasteiger partial charge >= 0.3 is 0 Å². The molecule has 1 unspecified atom stereocenters. The van der Waals surface area contributed by atoms with Crippen LogP contribution >= 0.6 is 0 Å². The summed E-state index contributed by atoms with van der Waals surface area (Å²) in [4.78, 5) is 12.9. The molecule has 0 aliphatic carbocycles. The van der Waals surface area contributed by atoms with Crippen molar-refractivity contribution >= 4 is 5.91 Å². The lowest BCUT2D eigenvalue weighted by Crippen LogP contribution is -3.00. The van der Waals surface area contributed by atoms with E-state index >= 15 is 0 Å². The fourth-order valence-corrected chi connectivity index (χ4v) is 5.18. The monoisotopic (exact) mass is 680 g/mol. The Morgan fingerprint density at radius 1 is 0.756 bits per heavy atom. The van der Waals surface area contributed by atoms with Crippen LogP contribution in [0.2, 0.25) is 0 Å².